The third kappa shape index (κ3) is 3.53. The molecule has 0 saturated heterocycles. The van der Waals surface area contributed by atoms with Crippen LogP contribution in [-0.4, -0.2) is 23.5 Å². The Morgan fingerprint density at radius 1 is 1.47 bits per heavy atom. The summed E-state index contributed by atoms with van der Waals surface area (Å²) < 4.78 is 26.4. The number of carbonyl (C=O) groups excluding carboxylic acids is 1. The molecule has 0 bridgehead atoms. The molecule has 0 atom stereocenters. The molecule has 1 aromatic rings. The number of benzene rings is 1. The summed E-state index contributed by atoms with van der Waals surface area (Å²) in [6.45, 7) is 4.05. The van der Waals surface area contributed by atoms with E-state index in [0.29, 0.717) is 12.1 Å². The number of nitrogens with zero attached hydrogens (tertiary/aromatic N) is 1. The summed E-state index contributed by atoms with van der Waals surface area (Å²) >= 11 is 0. The number of urea groups is 1. The summed E-state index contributed by atoms with van der Waals surface area (Å²) in [5.74, 6) is -1.24. The summed E-state index contributed by atoms with van der Waals surface area (Å²) in [6, 6.07) is 3.31. The van der Waals surface area contributed by atoms with Crippen LogP contribution in [0.15, 0.2) is 30.9 Å². The molecule has 5 heteroatoms. The van der Waals surface area contributed by atoms with Crippen LogP contribution in [0.4, 0.5) is 13.6 Å². The number of hydrogen-bond donors (Lipinski definition) is 1. The van der Waals surface area contributed by atoms with Crippen molar-refractivity contribution in [2.24, 2.45) is 0 Å². The maximum absolute atomic E-state index is 13.6. The maximum atomic E-state index is 13.6. The van der Waals surface area contributed by atoms with Gasteiger partial charge in [0.2, 0.25) is 0 Å². The molecule has 1 aromatic carbocycles. The van der Waals surface area contributed by atoms with Crippen molar-refractivity contribution in [3.63, 3.8) is 0 Å². The van der Waals surface area contributed by atoms with Gasteiger partial charge in [-0.2, -0.15) is 0 Å². The molecule has 1 saturated carbocycles. The Labute approximate surface area is 110 Å². The Balaban J connectivity index is 2.07. The summed E-state index contributed by atoms with van der Waals surface area (Å²) in [7, 11) is 0. The second-order valence-corrected chi connectivity index (χ2v) is 4.57. The van der Waals surface area contributed by atoms with E-state index in [2.05, 4.69) is 11.9 Å². The number of amides is 2. The van der Waals surface area contributed by atoms with Crippen LogP contribution in [0.1, 0.15) is 18.4 Å². The molecule has 0 spiro atoms. The predicted molar refractivity (Wildman–Crippen MR) is 68.5 cm³/mol. The fraction of sp³-hybridized carbons (Fsp3) is 0.357. The van der Waals surface area contributed by atoms with E-state index in [-0.39, 0.29) is 18.6 Å². The second kappa shape index (κ2) is 5.82. The first-order chi connectivity index (χ1) is 9.11. The highest BCUT2D eigenvalue weighted by molar-refractivity contribution is 5.75. The van der Waals surface area contributed by atoms with Crippen LogP contribution in [0.2, 0.25) is 0 Å². The first-order valence-corrected chi connectivity index (χ1v) is 6.21. The van der Waals surface area contributed by atoms with E-state index >= 15 is 0 Å². The van der Waals surface area contributed by atoms with Crippen molar-refractivity contribution in [3.05, 3.63) is 48.1 Å². The van der Waals surface area contributed by atoms with Crippen LogP contribution in [0.25, 0.3) is 0 Å². The van der Waals surface area contributed by atoms with Gasteiger partial charge < -0.3 is 10.2 Å². The monoisotopic (exact) mass is 266 g/mol. The molecule has 3 nitrogen and oxygen atoms in total. The lowest BCUT2D eigenvalue weighted by Gasteiger charge is -2.23. The van der Waals surface area contributed by atoms with Gasteiger partial charge in [-0.3, -0.25) is 0 Å². The molecule has 0 heterocycles. The highest BCUT2D eigenvalue weighted by Gasteiger charge is 2.32. The first kappa shape index (κ1) is 13.5. The zero-order valence-electron chi connectivity index (χ0n) is 10.5. The Morgan fingerprint density at radius 2 is 2.21 bits per heavy atom. The molecule has 102 valence electrons. The average Bonchev–Trinajstić information content (AvgIpc) is 3.19. The van der Waals surface area contributed by atoms with Gasteiger partial charge >= 0.3 is 6.03 Å². The summed E-state index contributed by atoms with van der Waals surface area (Å²) in [5, 5.41) is 2.68. The normalized spacial score (nSPS) is 14.0. The Hall–Kier alpha value is -1.91. The van der Waals surface area contributed by atoms with Crippen LogP contribution in [0.3, 0.4) is 0 Å². The number of carbonyl (C=O) groups is 1. The number of hydrogen-bond acceptors (Lipinski definition) is 1. The highest BCUT2D eigenvalue weighted by atomic mass is 19.1. The van der Waals surface area contributed by atoms with E-state index in [9.17, 15) is 13.6 Å². The molecular weight excluding hydrogens is 250 g/mol. The van der Waals surface area contributed by atoms with E-state index in [1.807, 2.05) is 0 Å². The van der Waals surface area contributed by atoms with Crippen molar-refractivity contribution < 1.29 is 13.6 Å². The second-order valence-electron chi connectivity index (χ2n) is 4.57. The molecule has 19 heavy (non-hydrogen) atoms. The SMILES string of the molecule is C=CCNC(=O)N(Cc1ccc(F)cc1F)C1CC1. The van der Waals surface area contributed by atoms with E-state index in [0.717, 1.165) is 18.9 Å². The van der Waals surface area contributed by atoms with E-state index in [4.69, 9.17) is 0 Å². The molecule has 0 aromatic heterocycles. The molecule has 2 rings (SSSR count). The molecule has 1 aliphatic carbocycles. The minimum atomic E-state index is -0.623. The molecule has 1 N–H and O–H groups in total. The van der Waals surface area contributed by atoms with E-state index < -0.39 is 11.6 Å². The zero-order chi connectivity index (χ0) is 13.8. The molecule has 1 fully saturated rings. The smallest absolute Gasteiger partial charge is 0.318 e. The highest BCUT2D eigenvalue weighted by Crippen LogP contribution is 2.28. The predicted octanol–water partition coefficient (Wildman–Crippen LogP) is 2.82. The van der Waals surface area contributed by atoms with Crippen molar-refractivity contribution in [2.45, 2.75) is 25.4 Å². The van der Waals surface area contributed by atoms with Gasteiger partial charge in [0.1, 0.15) is 11.6 Å². The molecular formula is C14H16F2N2O. The van der Waals surface area contributed by atoms with Gasteiger partial charge in [0.05, 0.1) is 6.54 Å². The van der Waals surface area contributed by atoms with Gasteiger partial charge in [0.15, 0.2) is 0 Å². The van der Waals surface area contributed by atoms with Gasteiger partial charge in [0, 0.05) is 24.2 Å². The Morgan fingerprint density at radius 3 is 2.79 bits per heavy atom. The third-order valence-corrected chi connectivity index (χ3v) is 3.00. The Bertz CT molecular complexity index is 486. The van der Waals surface area contributed by atoms with Crippen LogP contribution in [-0.2, 0) is 6.54 Å². The van der Waals surface area contributed by atoms with Crippen molar-refractivity contribution in [1.29, 1.82) is 0 Å². The van der Waals surface area contributed by atoms with Gasteiger partial charge in [-0.15, -0.1) is 6.58 Å². The zero-order valence-corrected chi connectivity index (χ0v) is 10.5. The van der Waals surface area contributed by atoms with Gasteiger partial charge in [-0.1, -0.05) is 12.1 Å². The van der Waals surface area contributed by atoms with E-state index in [1.54, 1.807) is 11.0 Å². The van der Waals surface area contributed by atoms with Gasteiger partial charge in [0.25, 0.3) is 0 Å². The van der Waals surface area contributed by atoms with Crippen LogP contribution in [0.5, 0.6) is 0 Å². The van der Waals surface area contributed by atoms with Gasteiger partial charge in [-0.25, -0.2) is 13.6 Å². The van der Waals surface area contributed by atoms with E-state index in [1.165, 1.54) is 12.1 Å². The molecule has 2 amide bonds. The van der Waals surface area contributed by atoms with Crippen LogP contribution >= 0.6 is 0 Å². The summed E-state index contributed by atoms with van der Waals surface area (Å²) in [5.41, 5.74) is 0.321. The number of rotatable bonds is 5. The lowest BCUT2D eigenvalue weighted by molar-refractivity contribution is 0.192. The number of nitrogens with one attached hydrogen (secondary N) is 1. The minimum Gasteiger partial charge on any atom is -0.335 e. The van der Waals surface area contributed by atoms with Gasteiger partial charge in [-0.05, 0) is 18.9 Å². The quantitative estimate of drug-likeness (QED) is 0.817. The molecule has 0 radical (unpaired) electrons. The van der Waals surface area contributed by atoms with Crippen molar-refractivity contribution in [3.8, 4) is 0 Å². The lowest BCUT2D eigenvalue weighted by Crippen LogP contribution is -2.41. The maximum Gasteiger partial charge on any atom is 0.318 e. The largest absolute Gasteiger partial charge is 0.335 e. The molecule has 0 aliphatic heterocycles. The topological polar surface area (TPSA) is 32.3 Å². The molecule has 1 aliphatic rings. The first-order valence-electron chi connectivity index (χ1n) is 6.21. The minimum absolute atomic E-state index is 0.147. The Kier molecular flexibility index (Phi) is 4.14. The van der Waals surface area contributed by atoms with Crippen molar-refractivity contribution >= 4 is 6.03 Å². The fourth-order valence-electron chi connectivity index (χ4n) is 1.85. The third-order valence-electron chi connectivity index (χ3n) is 3.00. The van der Waals surface area contributed by atoms with Crippen molar-refractivity contribution in [1.82, 2.24) is 10.2 Å². The average molecular weight is 266 g/mol. The number of halogens is 2. The molecule has 0 unspecified atom stereocenters. The van der Waals surface area contributed by atoms with Crippen molar-refractivity contribution in [2.75, 3.05) is 6.54 Å². The lowest BCUT2D eigenvalue weighted by atomic mass is 10.2. The standard InChI is InChI=1S/C14H16F2N2O/c1-2-7-17-14(19)18(12-5-6-12)9-10-3-4-11(15)8-13(10)16/h2-4,8,12H,1,5-7,9H2,(H,17,19). The fourth-order valence-corrected chi connectivity index (χ4v) is 1.85. The summed E-state index contributed by atoms with van der Waals surface area (Å²) in [6.07, 6.45) is 3.43. The summed E-state index contributed by atoms with van der Waals surface area (Å²) in [4.78, 5) is 13.5. The van der Waals surface area contributed by atoms with Crippen LogP contribution in [0, 0.1) is 11.6 Å². The van der Waals surface area contributed by atoms with Crippen LogP contribution < -0.4 is 5.32 Å².